The Hall–Kier alpha value is -2.37. The molecule has 0 saturated carbocycles. The molecule has 2 nitrogen and oxygen atoms in total. The van der Waals surface area contributed by atoms with E-state index in [0.717, 1.165) is 37.9 Å². The first kappa shape index (κ1) is 14.2. The molecular formula is C21H20N2. The van der Waals surface area contributed by atoms with Crippen molar-refractivity contribution in [1.82, 2.24) is 5.32 Å². The zero-order valence-electron chi connectivity index (χ0n) is 13.2. The van der Waals surface area contributed by atoms with Gasteiger partial charge in [-0.2, -0.15) is 5.26 Å². The number of benzene rings is 2. The average molecular weight is 300 g/mol. The van der Waals surface area contributed by atoms with Gasteiger partial charge < -0.3 is 5.32 Å². The molecular weight excluding hydrogens is 280 g/mol. The summed E-state index contributed by atoms with van der Waals surface area (Å²) in [6.07, 6.45) is 5.07. The smallest absolute Gasteiger partial charge is 0.0950 e. The highest BCUT2D eigenvalue weighted by Crippen LogP contribution is 2.37. The second-order valence-corrected chi connectivity index (χ2v) is 6.74. The van der Waals surface area contributed by atoms with Gasteiger partial charge in [-0.05, 0) is 47.7 Å². The zero-order chi connectivity index (χ0) is 15.7. The molecule has 2 heteroatoms. The highest BCUT2D eigenvalue weighted by atomic mass is 14.9. The van der Waals surface area contributed by atoms with Crippen molar-refractivity contribution in [2.45, 2.75) is 24.7 Å². The van der Waals surface area contributed by atoms with Crippen LogP contribution in [0.5, 0.6) is 0 Å². The topological polar surface area (TPSA) is 35.8 Å². The van der Waals surface area contributed by atoms with Gasteiger partial charge in [0.15, 0.2) is 0 Å². The fourth-order valence-corrected chi connectivity index (χ4v) is 3.97. The molecule has 2 aromatic rings. The van der Waals surface area contributed by atoms with Crippen LogP contribution >= 0.6 is 0 Å². The lowest BCUT2D eigenvalue weighted by molar-refractivity contribution is 0.467. The SMILES string of the molecule is N#CC1=Cc2cc(C3(Cc4ccccc4)CCNC3)ccc2C1. The van der Waals surface area contributed by atoms with Crippen molar-refractivity contribution in [1.29, 1.82) is 5.26 Å². The van der Waals surface area contributed by atoms with Crippen LogP contribution in [0.3, 0.4) is 0 Å². The van der Waals surface area contributed by atoms with Gasteiger partial charge >= 0.3 is 0 Å². The third-order valence-corrected chi connectivity index (χ3v) is 5.24. The quantitative estimate of drug-likeness (QED) is 0.939. The fourth-order valence-electron chi connectivity index (χ4n) is 3.97. The number of allylic oxidation sites excluding steroid dienone is 1. The van der Waals surface area contributed by atoms with Crippen LogP contribution < -0.4 is 5.32 Å². The average Bonchev–Trinajstić information content (AvgIpc) is 3.22. The molecule has 4 rings (SSSR count). The third kappa shape index (κ3) is 2.58. The Labute approximate surface area is 137 Å². The molecule has 114 valence electrons. The molecule has 1 N–H and O–H groups in total. The molecule has 0 spiro atoms. The number of fused-ring (bicyclic) bond motifs is 1. The van der Waals surface area contributed by atoms with E-state index in [-0.39, 0.29) is 5.41 Å². The first-order valence-corrected chi connectivity index (χ1v) is 8.28. The molecule has 23 heavy (non-hydrogen) atoms. The van der Waals surface area contributed by atoms with Crippen LogP contribution in [0.4, 0.5) is 0 Å². The summed E-state index contributed by atoms with van der Waals surface area (Å²) in [4.78, 5) is 0. The lowest BCUT2D eigenvalue weighted by Crippen LogP contribution is -2.31. The Morgan fingerprint density at radius 1 is 1.13 bits per heavy atom. The molecule has 1 heterocycles. The predicted octanol–water partition coefficient (Wildman–Crippen LogP) is 3.62. The molecule has 2 aromatic carbocycles. The van der Waals surface area contributed by atoms with Crippen LogP contribution in [0.15, 0.2) is 54.1 Å². The van der Waals surface area contributed by atoms with Crippen molar-refractivity contribution in [3.05, 3.63) is 76.4 Å². The Kier molecular flexibility index (Phi) is 3.52. The van der Waals surface area contributed by atoms with Crippen LogP contribution in [0.2, 0.25) is 0 Å². The number of hydrogen-bond donors (Lipinski definition) is 1. The number of hydrogen-bond acceptors (Lipinski definition) is 2. The van der Waals surface area contributed by atoms with Crippen molar-refractivity contribution in [2.75, 3.05) is 13.1 Å². The standard InChI is InChI=1S/C21H20N2/c22-14-17-10-18-6-7-20(12-19(18)11-17)21(8-9-23-15-21)13-16-4-2-1-3-5-16/h1-7,11-12,23H,8-10,13,15H2. The maximum Gasteiger partial charge on any atom is 0.0950 e. The first-order chi connectivity index (χ1) is 11.3. The van der Waals surface area contributed by atoms with Crippen LogP contribution in [0, 0.1) is 11.3 Å². The number of nitriles is 1. The highest BCUT2D eigenvalue weighted by Gasteiger charge is 2.36. The molecule has 0 aromatic heterocycles. The number of nitrogens with zero attached hydrogens (tertiary/aromatic N) is 1. The summed E-state index contributed by atoms with van der Waals surface area (Å²) in [5.74, 6) is 0. The number of rotatable bonds is 3. The Bertz CT molecular complexity index is 790. The summed E-state index contributed by atoms with van der Waals surface area (Å²) in [7, 11) is 0. The third-order valence-electron chi connectivity index (χ3n) is 5.24. The minimum absolute atomic E-state index is 0.166. The molecule has 1 aliphatic heterocycles. The first-order valence-electron chi connectivity index (χ1n) is 8.28. The Morgan fingerprint density at radius 2 is 2.00 bits per heavy atom. The molecule has 0 radical (unpaired) electrons. The van der Waals surface area contributed by atoms with E-state index in [0.29, 0.717) is 0 Å². The molecule has 1 atom stereocenters. The molecule has 1 unspecified atom stereocenters. The van der Waals surface area contributed by atoms with Crippen LogP contribution in [-0.2, 0) is 18.3 Å². The summed E-state index contributed by atoms with van der Waals surface area (Å²) < 4.78 is 0. The van der Waals surface area contributed by atoms with E-state index in [2.05, 4.69) is 66.0 Å². The van der Waals surface area contributed by atoms with Crippen molar-refractivity contribution in [3.63, 3.8) is 0 Å². The second-order valence-electron chi connectivity index (χ2n) is 6.74. The lowest BCUT2D eigenvalue weighted by Gasteiger charge is -2.30. The largest absolute Gasteiger partial charge is 0.316 e. The van der Waals surface area contributed by atoms with Crippen LogP contribution in [0.1, 0.15) is 28.7 Å². The van der Waals surface area contributed by atoms with E-state index in [1.807, 2.05) is 0 Å². The minimum Gasteiger partial charge on any atom is -0.316 e. The van der Waals surface area contributed by atoms with Crippen molar-refractivity contribution in [2.24, 2.45) is 0 Å². The monoisotopic (exact) mass is 300 g/mol. The molecule has 0 bridgehead atoms. The normalized spacial score (nSPS) is 22.5. The lowest BCUT2D eigenvalue weighted by atomic mass is 9.74. The maximum atomic E-state index is 9.14. The Balaban J connectivity index is 1.72. The van der Waals surface area contributed by atoms with Gasteiger partial charge in [-0.15, -0.1) is 0 Å². The maximum absolute atomic E-state index is 9.14. The van der Waals surface area contributed by atoms with Crippen molar-refractivity contribution in [3.8, 4) is 6.07 Å². The van der Waals surface area contributed by atoms with Crippen molar-refractivity contribution < 1.29 is 0 Å². The summed E-state index contributed by atoms with van der Waals surface area (Å²) in [6, 6.07) is 19.9. The summed E-state index contributed by atoms with van der Waals surface area (Å²) in [6.45, 7) is 2.10. The van der Waals surface area contributed by atoms with E-state index in [1.54, 1.807) is 0 Å². The highest BCUT2D eigenvalue weighted by molar-refractivity contribution is 5.68. The predicted molar refractivity (Wildman–Crippen MR) is 93.0 cm³/mol. The Morgan fingerprint density at radius 3 is 2.74 bits per heavy atom. The minimum atomic E-state index is 0.166. The molecule has 1 fully saturated rings. The zero-order valence-corrected chi connectivity index (χ0v) is 13.2. The molecule has 2 aliphatic rings. The summed E-state index contributed by atoms with van der Waals surface area (Å²) in [5, 5.41) is 12.7. The van der Waals surface area contributed by atoms with Gasteiger partial charge in [-0.1, -0.05) is 48.5 Å². The molecule has 1 saturated heterocycles. The summed E-state index contributed by atoms with van der Waals surface area (Å²) >= 11 is 0. The van der Waals surface area contributed by atoms with Gasteiger partial charge in [0.2, 0.25) is 0 Å². The van der Waals surface area contributed by atoms with Crippen LogP contribution in [0.25, 0.3) is 6.08 Å². The second kappa shape index (κ2) is 5.68. The van der Waals surface area contributed by atoms with Gasteiger partial charge in [-0.25, -0.2) is 0 Å². The molecule has 0 amide bonds. The van der Waals surface area contributed by atoms with Gasteiger partial charge in [0.25, 0.3) is 0 Å². The van der Waals surface area contributed by atoms with Gasteiger partial charge in [0.05, 0.1) is 6.07 Å². The van der Waals surface area contributed by atoms with Crippen molar-refractivity contribution >= 4 is 6.08 Å². The molecule has 1 aliphatic carbocycles. The van der Waals surface area contributed by atoms with E-state index < -0.39 is 0 Å². The van der Waals surface area contributed by atoms with E-state index in [1.165, 1.54) is 22.3 Å². The fraction of sp³-hybridized carbons (Fsp3) is 0.286. The van der Waals surface area contributed by atoms with Gasteiger partial charge in [-0.3, -0.25) is 0 Å². The van der Waals surface area contributed by atoms with Gasteiger partial charge in [0, 0.05) is 24.0 Å². The van der Waals surface area contributed by atoms with E-state index in [9.17, 15) is 0 Å². The van der Waals surface area contributed by atoms with Gasteiger partial charge in [0.1, 0.15) is 0 Å². The number of nitrogens with one attached hydrogen (secondary N) is 1. The van der Waals surface area contributed by atoms with E-state index in [4.69, 9.17) is 5.26 Å². The van der Waals surface area contributed by atoms with E-state index >= 15 is 0 Å². The summed E-state index contributed by atoms with van der Waals surface area (Å²) in [5.41, 5.74) is 6.36. The van der Waals surface area contributed by atoms with Crippen LogP contribution in [-0.4, -0.2) is 13.1 Å².